The molecule has 0 N–H and O–H groups in total. The quantitative estimate of drug-likeness (QED) is 0.797. The Labute approximate surface area is 131 Å². The lowest BCUT2D eigenvalue weighted by Gasteiger charge is -2.48. The van der Waals surface area contributed by atoms with Gasteiger partial charge in [-0.05, 0) is 50.7 Å². The summed E-state index contributed by atoms with van der Waals surface area (Å²) < 4.78 is 32.6. The Balaban J connectivity index is 2.00. The Morgan fingerprint density at radius 2 is 1.82 bits per heavy atom. The average Bonchev–Trinajstić information content (AvgIpc) is 2.56. The topological polar surface area (TPSA) is 63.7 Å². The summed E-state index contributed by atoms with van der Waals surface area (Å²) in [6.45, 7) is 2.01. The Kier molecular flexibility index (Phi) is 4.23. The molecule has 5 nitrogen and oxygen atoms in total. The van der Waals surface area contributed by atoms with E-state index in [1.165, 1.54) is 4.31 Å². The van der Waals surface area contributed by atoms with Crippen LogP contribution in [0.25, 0.3) is 0 Å². The van der Waals surface area contributed by atoms with E-state index >= 15 is 0 Å². The summed E-state index contributed by atoms with van der Waals surface area (Å²) >= 11 is 0. The van der Waals surface area contributed by atoms with E-state index in [1.807, 2.05) is 0 Å². The molecular weight excluding hydrogens is 302 g/mol. The number of carbonyl (C=O) groups is 1. The summed E-state index contributed by atoms with van der Waals surface area (Å²) in [6.07, 6.45) is 3.45. The third-order valence-corrected chi connectivity index (χ3v) is 6.62. The molecule has 2 saturated heterocycles. The van der Waals surface area contributed by atoms with Crippen molar-refractivity contribution < 1.29 is 17.9 Å². The number of fused-ring (bicyclic) bond motifs is 3. The van der Waals surface area contributed by atoms with Gasteiger partial charge in [-0.25, -0.2) is 8.42 Å². The third kappa shape index (κ3) is 2.54. The summed E-state index contributed by atoms with van der Waals surface area (Å²) in [5, 5.41) is 0. The molecule has 1 aromatic rings. The van der Waals surface area contributed by atoms with E-state index in [1.54, 1.807) is 37.3 Å². The number of rotatable bonds is 4. The van der Waals surface area contributed by atoms with Crippen molar-refractivity contribution in [2.24, 2.45) is 5.92 Å². The van der Waals surface area contributed by atoms with Crippen molar-refractivity contribution in [3.05, 3.63) is 30.3 Å². The van der Waals surface area contributed by atoms with Gasteiger partial charge in [-0.15, -0.1) is 0 Å². The number of piperidine rings is 2. The van der Waals surface area contributed by atoms with Crippen LogP contribution in [0.3, 0.4) is 0 Å². The number of esters is 1. The van der Waals surface area contributed by atoms with Crippen molar-refractivity contribution in [3.63, 3.8) is 0 Å². The van der Waals surface area contributed by atoms with Gasteiger partial charge in [-0.3, -0.25) is 4.79 Å². The highest BCUT2D eigenvalue weighted by Crippen LogP contribution is 2.43. The molecule has 22 heavy (non-hydrogen) atoms. The highest BCUT2D eigenvalue weighted by atomic mass is 32.2. The smallest absolute Gasteiger partial charge is 0.324 e. The van der Waals surface area contributed by atoms with E-state index in [4.69, 9.17) is 4.74 Å². The first-order valence-electron chi connectivity index (χ1n) is 7.81. The van der Waals surface area contributed by atoms with Crippen LogP contribution in [-0.4, -0.2) is 37.4 Å². The second-order valence-electron chi connectivity index (χ2n) is 5.91. The van der Waals surface area contributed by atoms with Crippen molar-refractivity contribution in [1.82, 2.24) is 4.31 Å². The van der Waals surface area contributed by atoms with Crippen molar-refractivity contribution in [1.29, 1.82) is 0 Å². The zero-order chi connectivity index (χ0) is 15.7. The van der Waals surface area contributed by atoms with Crippen LogP contribution < -0.4 is 0 Å². The second kappa shape index (κ2) is 6.01. The molecule has 1 aromatic carbocycles. The van der Waals surface area contributed by atoms with Gasteiger partial charge in [-0.2, -0.15) is 4.31 Å². The molecule has 1 atom stereocenters. The van der Waals surface area contributed by atoms with Crippen molar-refractivity contribution in [2.45, 2.75) is 49.6 Å². The maximum Gasteiger partial charge on any atom is 0.324 e. The molecule has 2 heterocycles. The third-order valence-electron chi connectivity index (χ3n) is 4.67. The van der Waals surface area contributed by atoms with Gasteiger partial charge in [0.2, 0.25) is 10.0 Å². The maximum atomic E-state index is 13.0. The van der Waals surface area contributed by atoms with Gasteiger partial charge in [0.25, 0.3) is 0 Å². The first kappa shape index (κ1) is 15.5. The number of sulfonamides is 1. The number of benzene rings is 1. The molecule has 3 fully saturated rings. The zero-order valence-electron chi connectivity index (χ0n) is 12.6. The highest BCUT2D eigenvalue weighted by Gasteiger charge is 2.51. The minimum atomic E-state index is -3.67. The predicted octanol–water partition coefficient (Wildman–Crippen LogP) is 2.18. The molecule has 1 saturated carbocycles. The molecule has 1 aliphatic carbocycles. The van der Waals surface area contributed by atoms with Gasteiger partial charge in [-0.1, -0.05) is 18.2 Å². The molecule has 0 spiro atoms. The van der Waals surface area contributed by atoms with E-state index in [9.17, 15) is 13.2 Å². The SMILES string of the molecule is CCOC(=O)[C@@H]1C2CCC(CC2)N1S(=O)(=O)c1ccccc1. The van der Waals surface area contributed by atoms with Crippen LogP contribution in [0, 0.1) is 5.92 Å². The largest absolute Gasteiger partial charge is 0.465 e. The van der Waals surface area contributed by atoms with Crippen LogP contribution in [0.2, 0.25) is 0 Å². The Bertz CT molecular complexity index is 635. The van der Waals surface area contributed by atoms with E-state index in [-0.39, 0.29) is 23.5 Å². The molecule has 6 heteroatoms. The minimum absolute atomic E-state index is 0.0718. The first-order valence-corrected chi connectivity index (χ1v) is 9.25. The summed E-state index contributed by atoms with van der Waals surface area (Å²) in [5.41, 5.74) is 0. The molecule has 0 unspecified atom stereocenters. The van der Waals surface area contributed by atoms with Gasteiger partial charge in [0.05, 0.1) is 11.5 Å². The molecule has 2 bridgehead atoms. The van der Waals surface area contributed by atoms with Crippen molar-refractivity contribution >= 4 is 16.0 Å². The molecule has 0 radical (unpaired) electrons. The van der Waals surface area contributed by atoms with Gasteiger partial charge in [0, 0.05) is 6.04 Å². The highest BCUT2D eigenvalue weighted by molar-refractivity contribution is 7.89. The van der Waals surface area contributed by atoms with Crippen molar-refractivity contribution in [2.75, 3.05) is 6.61 Å². The number of hydrogen-bond acceptors (Lipinski definition) is 4. The van der Waals surface area contributed by atoms with E-state index in [0.717, 1.165) is 25.7 Å². The van der Waals surface area contributed by atoms with E-state index < -0.39 is 22.0 Å². The number of nitrogens with zero attached hydrogens (tertiary/aromatic N) is 1. The van der Waals surface area contributed by atoms with Crippen LogP contribution in [0.1, 0.15) is 32.6 Å². The summed E-state index contributed by atoms with van der Waals surface area (Å²) in [6, 6.07) is 7.59. The fourth-order valence-electron chi connectivity index (χ4n) is 3.69. The zero-order valence-corrected chi connectivity index (χ0v) is 13.5. The Morgan fingerprint density at radius 1 is 1.18 bits per heavy atom. The second-order valence-corrected chi connectivity index (χ2v) is 7.76. The Morgan fingerprint density at radius 3 is 2.41 bits per heavy atom. The maximum absolute atomic E-state index is 13.0. The minimum Gasteiger partial charge on any atom is -0.465 e. The molecular formula is C16H21NO4S. The standard InChI is InChI=1S/C16H21NO4S/c1-2-21-16(18)15-12-8-10-13(11-9-12)17(15)22(19,20)14-6-4-3-5-7-14/h3-7,12-13,15H,2,8-11H2,1H3/t12?,13?,15-/m0/s1. The fraction of sp³-hybridized carbons (Fsp3) is 0.562. The van der Waals surface area contributed by atoms with Gasteiger partial charge >= 0.3 is 5.97 Å². The van der Waals surface area contributed by atoms with Gasteiger partial charge in [0.15, 0.2) is 0 Å². The van der Waals surface area contributed by atoms with Crippen LogP contribution in [0.15, 0.2) is 35.2 Å². The monoisotopic (exact) mass is 323 g/mol. The van der Waals surface area contributed by atoms with Crippen molar-refractivity contribution in [3.8, 4) is 0 Å². The molecule has 2 aliphatic heterocycles. The van der Waals surface area contributed by atoms with E-state index in [0.29, 0.717) is 0 Å². The average molecular weight is 323 g/mol. The van der Waals surface area contributed by atoms with Crippen LogP contribution in [0.4, 0.5) is 0 Å². The number of carbonyl (C=O) groups excluding carboxylic acids is 1. The molecule has 0 amide bonds. The summed E-state index contributed by atoms with van der Waals surface area (Å²) in [7, 11) is -3.67. The lowest BCUT2D eigenvalue weighted by atomic mass is 9.76. The van der Waals surface area contributed by atoms with Crippen LogP contribution in [-0.2, 0) is 19.6 Å². The van der Waals surface area contributed by atoms with Gasteiger partial charge in [0.1, 0.15) is 6.04 Å². The molecule has 0 aromatic heterocycles. The predicted molar refractivity (Wildman–Crippen MR) is 81.6 cm³/mol. The molecule has 4 rings (SSSR count). The Hall–Kier alpha value is -1.40. The number of hydrogen-bond donors (Lipinski definition) is 0. The van der Waals surface area contributed by atoms with Crippen LogP contribution in [0.5, 0.6) is 0 Å². The molecule has 3 aliphatic rings. The normalized spacial score (nSPS) is 28.5. The fourth-order valence-corrected chi connectivity index (χ4v) is 5.60. The lowest BCUT2D eigenvalue weighted by Crippen LogP contribution is -2.60. The lowest BCUT2D eigenvalue weighted by molar-refractivity contribution is -0.154. The summed E-state index contributed by atoms with van der Waals surface area (Å²) in [4.78, 5) is 12.6. The van der Waals surface area contributed by atoms with E-state index in [2.05, 4.69) is 0 Å². The molecule has 120 valence electrons. The summed E-state index contributed by atoms with van der Waals surface area (Å²) in [5.74, 6) is -0.334. The van der Waals surface area contributed by atoms with Gasteiger partial charge < -0.3 is 4.74 Å². The van der Waals surface area contributed by atoms with Crippen LogP contribution >= 0.6 is 0 Å². The first-order chi connectivity index (χ1) is 10.6. The number of ether oxygens (including phenoxy) is 1.